The molecule has 6 nitrogen and oxygen atoms in total. The minimum Gasteiger partial charge on any atom is -0.497 e. The highest BCUT2D eigenvalue weighted by molar-refractivity contribution is 8.15. The second-order valence-corrected chi connectivity index (χ2v) is 7.19. The van der Waals surface area contributed by atoms with E-state index in [9.17, 15) is 14.7 Å². The van der Waals surface area contributed by atoms with E-state index in [1.807, 2.05) is 54.6 Å². The number of nitrogens with zero attached hydrogens (tertiary/aromatic N) is 2. The molecule has 1 atom stereocenters. The Labute approximate surface area is 161 Å². The van der Waals surface area contributed by atoms with Crippen LogP contribution >= 0.6 is 11.8 Å². The van der Waals surface area contributed by atoms with E-state index in [1.54, 1.807) is 12.0 Å². The van der Waals surface area contributed by atoms with E-state index >= 15 is 0 Å². The molecule has 1 fully saturated rings. The second kappa shape index (κ2) is 8.73. The number of ether oxygens (including phenoxy) is 1. The highest BCUT2D eigenvalue weighted by Crippen LogP contribution is 2.29. The Balaban J connectivity index is 1.79. The van der Waals surface area contributed by atoms with Crippen molar-refractivity contribution in [3.63, 3.8) is 0 Å². The third-order valence-electron chi connectivity index (χ3n) is 4.18. The van der Waals surface area contributed by atoms with Crippen molar-refractivity contribution in [3.05, 3.63) is 60.2 Å². The number of hydrogen-bond donors (Lipinski definition) is 1. The fourth-order valence-electron chi connectivity index (χ4n) is 2.70. The SMILES string of the molecule is COc1ccc(CCN2C(=O)C[C@H](C(=O)O)SC2=Nc2ccccc2)cc1. The summed E-state index contributed by atoms with van der Waals surface area (Å²) in [5, 5.41) is 8.95. The van der Waals surface area contributed by atoms with Crippen LogP contribution in [-0.4, -0.2) is 46.0 Å². The first-order chi connectivity index (χ1) is 13.1. The number of aliphatic imine (C=N–C) groups is 1. The molecular weight excluding hydrogens is 364 g/mol. The Hall–Kier alpha value is -2.80. The van der Waals surface area contributed by atoms with Crippen LogP contribution in [0.3, 0.4) is 0 Å². The van der Waals surface area contributed by atoms with Gasteiger partial charge in [-0.1, -0.05) is 42.1 Å². The average molecular weight is 384 g/mol. The topological polar surface area (TPSA) is 79.2 Å². The zero-order chi connectivity index (χ0) is 19.2. The zero-order valence-corrected chi connectivity index (χ0v) is 15.7. The molecule has 1 amide bonds. The number of carbonyl (C=O) groups is 2. The summed E-state index contributed by atoms with van der Waals surface area (Å²) >= 11 is 1.12. The van der Waals surface area contributed by atoms with Crippen molar-refractivity contribution >= 4 is 34.5 Å². The van der Waals surface area contributed by atoms with Gasteiger partial charge in [-0.05, 0) is 36.2 Å². The van der Waals surface area contributed by atoms with Crippen LogP contribution in [0.25, 0.3) is 0 Å². The minimum atomic E-state index is -0.996. The molecule has 2 aromatic rings. The van der Waals surface area contributed by atoms with Gasteiger partial charge in [0.05, 0.1) is 19.2 Å². The number of carboxylic acid groups (broad SMARTS) is 1. The highest BCUT2D eigenvalue weighted by Gasteiger charge is 2.35. The zero-order valence-electron chi connectivity index (χ0n) is 14.9. The lowest BCUT2D eigenvalue weighted by Gasteiger charge is -2.30. The summed E-state index contributed by atoms with van der Waals surface area (Å²) < 4.78 is 5.16. The Morgan fingerprint density at radius 1 is 1.22 bits per heavy atom. The molecule has 0 aliphatic carbocycles. The fourth-order valence-corrected chi connectivity index (χ4v) is 3.76. The van der Waals surface area contributed by atoms with Gasteiger partial charge in [0.1, 0.15) is 11.0 Å². The van der Waals surface area contributed by atoms with E-state index in [0.29, 0.717) is 23.8 Å². The van der Waals surface area contributed by atoms with Crippen LogP contribution < -0.4 is 4.74 Å². The third-order valence-corrected chi connectivity index (χ3v) is 5.35. The van der Waals surface area contributed by atoms with Crippen molar-refractivity contribution in [2.24, 2.45) is 4.99 Å². The summed E-state index contributed by atoms with van der Waals surface area (Å²) in [6.07, 6.45) is 0.609. The number of hydrogen-bond acceptors (Lipinski definition) is 5. The van der Waals surface area contributed by atoms with E-state index in [1.165, 1.54) is 0 Å². The summed E-state index contributed by atoms with van der Waals surface area (Å²) in [6.45, 7) is 0.441. The minimum absolute atomic E-state index is 0.0313. The van der Waals surface area contributed by atoms with Crippen LogP contribution in [0.5, 0.6) is 5.75 Å². The molecule has 1 aliphatic rings. The number of methoxy groups -OCH3 is 1. The van der Waals surface area contributed by atoms with Crippen LogP contribution in [0.2, 0.25) is 0 Å². The van der Waals surface area contributed by atoms with Gasteiger partial charge in [0.25, 0.3) is 0 Å². The molecule has 0 radical (unpaired) electrons. The second-order valence-electron chi connectivity index (χ2n) is 6.02. The lowest BCUT2D eigenvalue weighted by molar-refractivity contribution is -0.139. The predicted octanol–water partition coefficient (Wildman–Crippen LogP) is 3.34. The molecule has 1 aliphatic heterocycles. The molecule has 0 aromatic heterocycles. The number of aliphatic carboxylic acids is 1. The largest absolute Gasteiger partial charge is 0.497 e. The van der Waals surface area contributed by atoms with Gasteiger partial charge in [0.2, 0.25) is 5.91 Å². The molecule has 1 saturated heterocycles. The van der Waals surface area contributed by atoms with E-state index in [0.717, 1.165) is 23.1 Å². The monoisotopic (exact) mass is 384 g/mol. The molecule has 1 N–H and O–H groups in total. The summed E-state index contributed by atoms with van der Waals surface area (Å²) in [6, 6.07) is 16.9. The number of amides is 1. The van der Waals surface area contributed by atoms with Crippen molar-refractivity contribution in [1.29, 1.82) is 0 Å². The smallest absolute Gasteiger partial charge is 0.317 e. The number of benzene rings is 2. The number of carboxylic acids is 1. The van der Waals surface area contributed by atoms with Gasteiger partial charge in [-0.25, -0.2) is 4.99 Å². The van der Waals surface area contributed by atoms with E-state index < -0.39 is 11.2 Å². The molecule has 7 heteroatoms. The normalized spacial score (nSPS) is 18.6. The first-order valence-electron chi connectivity index (χ1n) is 8.53. The van der Waals surface area contributed by atoms with E-state index in [4.69, 9.17) is 4.74 Å². The fraction of sp³-hybridized carbons (Fsp3) is 0.250. The molecule has 0 saturated carbocycles. The van der Waals surface area contributed by atoms with Crippen molar-refractivity contribution < 1.29 is 19.4 Å². The Morgan fingerprint density at radius 3 is 2.56 bits per heavy atom. The van der Waals surface area contributed by atoms with E-state index in [2.05, 4.69) is 4.99 Å². The van der Waals surface area contributed by atoms with Crippen LogP contribution in [0.4, 0.5) is 5.69 Å². The molecule has 0 bridgehead atoms. The van der Waals surface area contributed by atoms with Gasteiger partial charge >= 0.3 is 5.97 Å². The molecule has 2 aromatic carbocycles. The van der Waals surface area contributed by atoms with Crippen molar-refractivity contribution in [2.75, 3.05) is 13.7 Å². The van der Waals surface area contributed by atoms with Crippen molar-refractivity contribution in [2.45, 2.75) is 18.1 Å². The predicted molar refractivity (Wildman–Crippen MR) is 106 cm³/mol. The van der Waals surface area contributed by atoms with Crippen LogP contribution in [0.1, 0.15) is 12.0 Å². The molecule has 1 heterocycles. The number of rotatable bonds is 6. The first kappa shape index (κ1) is 19.0. The van der Waals surface area contributed by atoms with E-state index in [-0.39, 0.29) is 12.3 Å². The maximum absolute atomic E-state index is 12.6. The maximum Gasteiger partial charge on any atom is 0.317 e. The molecule has 140 valence electrons. The first-order valence-corrected chi connectivity index (χ1v) is 9.41. The van der Waals surface area contributed by atoms with Gasteiger partial charge in [0.15, 0.2) is 5.17 Å². The molecule has 3 rings (SSSR count). The van der Waals surface area contributed by atoms with Crippen molar-refractivity contribution in [3.8, 4) is 5.75 Å². The summed E-state index contributed by atoms with van der Waals surface area (Å²) in [5.41, 5.74) is 1.75. The highest BCUT2D eigenvalue weighted by atomic mass is 32.2. The van der Waals surface area contributed by atoms with Crippen LogP contribution in [-0.2, 0) is 16.0 Å². The van der Waals surface area contributed by atoms with Crippen LogP contribution in [0.15, 0.2) is 59.6 Å². The quantitative estimate of drug-likeness (QED) is 0.826. The summed E-state index contributed by atoms with van der Waals surface area (Å²) in [7, 11) is 1.61. The Bertz CT molecular complexity index is 837. The van der Waals surface area contributed by atoms with Crippen molar-refractivity contribution in [1.82, 2.24) is 4.90 Å². The van der Waals surface area contributed by atoms with Crippen LogP contribution in [0, 0.1) is 0 Å². The molecule has 0 unspecified atom stereocenters. The number of para-hydroxylation sites is 1. The van der Waals surface area contributed by atoms with Gasteiger partial charge in [-0.3, -0.25) is 14.5 Å². The molecular formula is C20H20N2O4S. The Morgan fingerprint density at radius 2 is 1.93 bits per heavy atom. The summed E-state index contributed by atoms with van der Waals surface area (Å²) in [5.74, 6) is -0.438. The molecule has 27 heavy (non-hydrogen) atoms. The Kier molecular flexibility index (Phi) is 6.13. The summed E-state index contributed by atoms with van der Waals surface area (Å²) in [4.78, 5) is 30.1. The van der Waals surface area contributed by atoms with Gasteiger partial charge in [0, 0.05) is 6.54 Å². The number of thioether (sulfide) groups is 1. The lowest BCUT2D eigenvalue weighted by atomic mass is 10.1. The van der Waals surface area contributed by atoms with Gasteiger partial charge in [-0.2, -0.15) is 0 Å². The maximum atomic E-state index is 12.6. The number of amidine groups is 1. The average Bonchev–Trinajstić information content (AvgIpc) is 2.68. The lowest BCUT2D eigenvalue weighted by Crippen LogP contribution is -2.44. The van der Waals surface area contributed by atoms with Gasteiger partial charge in [-0.15, -0.1) is 0 Å². The van der Waals surface area contributed by atoms with Gasteiger partial charge < -0.3 is 9.84 Å². The molecule has 0 spiro atoms. The standard InChI is InChI=1S/C20H20N2O4S/c1-26-16-9-7-14(8-10-16)11-12-22-18(23)13-17(19(24)25)27-20(22)21-15-5-3-2-4-6-15/h2-10,17H,11-13H2,1H3,(H,24,25)/t17-/m1/s1. The number of carbonyl (C=O) groups excluding carboxylic acids is 1. The third kappa shape index (κ3) is 4.89.